The lowest BCUT2D eigenvalue weighted by molar-refractivity contribution is 0.789. The third kappa shape index (κ3) is 2.66. The summed E-state index contributed by atoms with van der Waals surface area (Å²) in [7, 11) is 1.97. The van der Waals surface area contributed by atoms with Crippen molar-refractivity contribution in [1.82, 2.24) is 14.8 Å². The maximum Gasteiger partial charge on any atom is 0.152 e. The number of anilines is 1. The van der Waals surface area contributed by atoms with E-state index in [1.807, 2.05) is 24.6 Å². The minimum Gasteiger partial charge on any atom is -0.377 e. The molecule has 4 nitrogen and oxygen atoms in total. The summed E-state index contributed by atoms with van der Waals surface area (Å²) in [6.45, 7) is 4.68. The molecule has 0 saturated heterocycles. The molecule has 1 aromatic carbocycles. The van der Waals surface area contributed by atoms with Crippen molar-refractivity contribution in [2.75, 3.05) is 5.32 Å². The Hall–Kier alpha value is -1.36. The van der Waals surface area contributed by atoms with Gasteiger partial charge in [-0.2, -0.15) is 0 Å². The van der Waals surface area contributed by atoms with Crippen LogP contribution < -0.4 is 5.32 Å². The second-order valence-corrected chi connectivity index (χ2v) is 4.91. The van der Waals surface area contributed by atoms with Crippen LogP contribution in [-0.4, -0.2) is 14.8 Å². The molecule has 0 aliphatic carbocycles. The van der Waals surface area contributed by atoms with E-state index in [0.717, 1.165) is 21.8 Å². The molecule has 0 unspecified atom stereocenters. The van der Waals surface area contributed by atoms with E-state index < -0.39 is 0 Å². The van der Waals surface area contributed by atoms with Gasteiger partial charge in [0, 0.05) is 17.2 Å². The predicted molar refractivity (Wildman–Crippen MR) is 71.9 cm³/mol. The van der Waals surface area contributed by atoms with Crippen LogP contribution in [0, 0.1) is 13.8 Å². The molecule has 0 amide bonds. The standard InChI is InChI=1S/C12H15BrN4/c1-8-4-5-10(13)11(6-8)14-7-12-16-15-9(2)17(12)3/h4-6,14H,7H2,1-3H3. The first kappa shape index (κ1) is 12.1. The quantitative estimate of drug-likeness (QED) is 0.947. The van der Waals surface area contributed by atoms with Crippen molar-refractivity contribution in [2.24, 2.45) is 7.05 Å². The second kappa shape index (κ2) is 4.87. The van der Waals surface area contributed by atoms with Gasteiger partial charge in [0.2, 0.25) is 0 Å². The molecule has 1 heterocycles. The van der Waals surface area contributed by atoms with E-state index in [-0.39, 0.29) is 0 Å². The predicted octanol–water partition coefficient (Wildman–Crippen LogP) is 2.81. The molecule has 0 spiro atoms. The van der Waals surface area contributed by atoms with E-state index in [0.29, 0.717) is 6.54 Å². The lowest BCUT2D eigenvalue weighted by Gasteiger charge is -2.09. The molecule has 0 radical (unpaired) electrons. The number of nitrogens with one attached hydrogen (secondary N) is 1. The van der Waals surface area contributed by atoms with Crippen molar-refractivity contribution in [3.63, 3.8) is 0 Å². The highest BCUT2D eigenvalue weighted by Crippen LogP contribution is 2.23. The average molecular weight is 295 g/mol. The number of aryl methyl sites for hydroxylation is 2. The topological polar surface area (TPSA) is 42.7 Å². The van der Waals surface area contributed by atoms with Crippen molar-refractivity contribution < 1.29 is 0 Å². The number of hydrogen-bond acceptors (Lipinski definition) is 3. The number of halogens is 1. The number of rotatable bonds is 3. The Morgan fingerprint density at radius 2 is 2.06 bits per heavy atom. The fourth-order valence-corrected chi connectivity index (χ4v) is 1.94. The summed E-state index contributed by atoms with van der Waals surface area (Å²) >= 11 is 3.52. The van der Waals surface area contributed by atoms with Crippen LogP contribution in [-0.2, 0) is 13.6 Å². The maximum atomic E-state index is 4.12. The van der Waals surface area contributed by atoms with Gasteiger partial charge in [0.1, 0.15) is 5.82 Å². The average Bonchev–Trinajstić information content (AvgIpc) is 2.62. The highest BCUT2D eigenvalue weighted by Gasteiger charge is 2.05. The van der Waals surface area contributed by atoms with E-state index in [4.69, 9.17) is 0 Å². The molecule has 0 atom stereocenters. The highest BCUT2D eigenvalue weighted by atomic mass is 79.9. The van der Waals surface area contributed by atoms with Gasteiger partial charge in [0.15, 0.2) is 5.82 Å². The molecule has 0 bridgehead atoms. The monoisotopic (exact) mass is 294 g/mol. The number of nitrogens with zero attached hydrogens (tertiary/aromatic N) is 3. The largest absolute Gasteiger partial charge is 0.377 e. The fraction of sp³-hybridized carbons (Fsp3) is 0.333. The van der Waals surface area contributed by atoms with Gasteiger partial charge >= 0.3 is 0 Å². The first-order valence-electron chi connectivity index (χ1n) is 5.43. The summed E-state index contributed by atoms with van der Waals surface area (Å²) < 4.78 is 3.04. The molecule has 1 N–H and O–H groups in total. The molecule has 0 saturated carbocycles. The van der Waals surface area contributed by atoms with E-state index in [1.54, 1.807) is 0 Å². The van der Waals surface area contributed by atoms with E-state index in [9.17, 15) is 0 Å². The zero-order chi connectivity index (χ0) is 12.4. The number of aromatic nitrogens is 3. The van der Waals surface area contributed by atoms with Gasteiger partial charge in [0.05, 0.1) is 6.54 Å². The number of benzene rings is 1. The van der Waals surface area contributed by atoms with Gasteiger partial charge in [-0.25, -0.2) is 0 Å². The van der Waals surface area contributed by atoms with Crippen LogP contribution in [0.25, 0.3) is 0 Å². The molecule has 17 heavy (non-hydrogen) atoms. The van der Waals surface area contributed by atoms with Crippen LogP contribution >= 0.6 is 15.9 Å². The summed E-state index contributed by atoms with van der Waals surface area (Å²) in [5.74, 6) is 1.85. The Bertz CT molecular complexity index is 533. The van der Waals surface area contributed by atoms with E-state index >= 15 is 0 Å². The summed E-state index contributed by atoms with van der Waals surface area (Å²) in [6, 6.07) is 6.22. The van der Waals surface area contributed by atoms with Crippen molar-refractivity contribution in [3.8, 4) is 0 Å². The van der Waals surface area contributed by atoms with Gasteiger partial charge in [-0.15, -0.1) is 10.2 Å². The molecule has 0 aliphatic heterocycles. The molecular formula is C12H15BrN4. The van der Waals surface area contributed by atoms with Crippen LogP contribution in [0.15, 0.2) is 22.7 Å². The SMILES string of the molecule is Cc1ccc(Br)c(NCc2nnc(C)n2C)c1. The van der Waals surface area contributed by atoms with Crippen molar-refractivity contribution in [3.05, 3.63) is 39.9 Å². The van der Waals surface area contributed by atoms with Crippen LogP contribution in [0.2, 0.25) is 0 Å². The summed E-state index contributed by atoms with van der Waals surface area (Å²) in [5, 5.41) is 11.5. The van der Waals surface area contributed by atoms with Crippen molar-refractivity contribution in [1.29, 1.82) is 0 Å². The number of hydrogen-bond donors (Lipinski definition) is 1. The van der Waals surface area contributed by atoms with Crippen LogP contribution in [0.5, 0.6) is 0 Å². The lowest BCUT2D eigenvalue weighted by Crippen LogP contribution is -2.07. The fourth-order valence-electron chi connectivity index (χ4n) is 1.55. The molecule has 0 fully saturated rings. The van der Waals surface area contributed by atoms with Crippen molar-refractivity contribution in [2.45, 2.75) is 20.4 Å². The Labute approximate surface area is 109 Å². The van der Waals surface area contributed by atoms with Gasteiger partial charge in [-0.1, -0.05) is 6.07 Å². The van der Waals surface area contributed by atoms with Gasteiger partial charge in [-0.3, -0.25) is 0 Å². The zero-order valence-electron chi connectivity index (χ0n) is 10.2. The first-order chi connectivity index (χ1) is 8.08. The molecule has 5 heteroatoms. The smallest absolute Gasteiger partial charge is 0.152 e. The van der Waals surface area contributed by atoms with Crippen LogP contribution in [0.4, 0.5) is 5.69 Å². The molecule has 0 aliphatic rings. The van der Waals surface area contributed by atoms with E-state index in [1.165, 1.54) is 5.56 Å². The Morgan fingerprint density at radius 3 is 2.71 bits per heavy atom. The molecular weight excluding hydrogens is 280 g/mol. The Balaban J connectivity index is 2.12. The van der Waals surface area contributed by atoms with E-state index in [2.05, 4.69) is 50.5 Å². The normalized spacial score (nSPS) is 10.6. The van der Waals surface area contributed by atoms with Crippen LogP contribution in [0.3, 0.4) is 0 Å². The molecule has 1 aromatic heterocycles. The molecule has 90 valence electrons. The maximum absolute atomic E-state index is 4.12. The first-order valence-corrected chi connectivity index (χ1v) is 6.22. The molecule has 2 rings (SSSR count). The van der Waals surface area contributed by atoms with Gasteiger partial charge in [-0.05, 0) is 47.5 Å². The minimum atomic E-state index is 0.666. The van der Waals surface area contributed by atoms with Crippen LogP contribution in [0.1, 0.15) is 17.2 Å². The third-order valence-corrected chi connectivity index (χ3v) is 3.43. The zero-order valence-corrected chi connectivity index (χ0v) is 11.7. The van der Waals surface area contributed by atoms with Gasteiger partial charge in [0.25, 0.3) is 0 Å². The summed E-state index contributed by atoms with van der Waals surface area (Å²) in [6.07, 6.45) is 0. The molecule has 2 aromatic rings. The lowest BCUT2D eigenvalue weighted by atomic mass is 10.2. The summed E-state index contributed by atoms with van der Waals surface area (Å²) in [4.78, 5) is 0. The summed E-state index contributed by atoms with van der Waals surface area (Å²) in [5.41, 5.74) is 2.30. The highest BCUT2D eigenvalue weighted by molar-refractivity contribution is 9.10. The minimum absolute atomic E-state index is 0.666. The second-order valence-electron chi connectivity index (χ2n) is 4.06. The van der Waals surface area contributed by atoms with Crippen molar-refractivity contribution >= 4 is 21.6 Å². The Morgan fingerprint density at radius 1 is 1.29 bits per heavy atom. The third-order valence-electron chi connectivity index (χ3n) is 2.74. The van der Waals surface area contributed by atoms with Gasteiger partial charge < -0.3 is 9.88 Å². The Kier molecular flexibility index (Phi) is 3.47.